The third kappa shape index (κ3) is 2.95. The van der Waals surface area contributed by atoms with Gasteiger partial charge < -0.3 is 10.1 Å². The van der Waals surface area contributed by atoms with Gasteiger partial charge in [-0.25, -0.2) is 9.97 Å². The quantitative estimate of drug-likeness (QED) is 0.884. The van der Waals surface area contributed by atoms with Crippen LogP contribution in [-0.4, -0.2) is 17.1 Å². The molecule has 0 aliphatic carbocycles. The van der Waals surface area contributed by atoms with E-state index in [4.69, 9.17) is 10.00 Å². The van der Waals surface area contributed by atoms with Crippen molar-refractivity contribution in [3.8, 4) is 11.9 Å². The molecule has 1 N–H and O–H groups in total. The summed E-state index contributed by atoms with van der Waals surface area (Å²) in [6, 6.07) is 9.27. The van der Waals surface area contributed by atoms with E-state index in [-0.39, 0.29) is 0 Å². The van der Waals surface area contributed by atoms with Gasteiger partial charge in [0.25, 0.3) is 0 Å². The van der Waals surface area contributed by atoms with Crippen LogP contribution in [0.1, 0.15) is 11.3 Å². The second-order valence-corrected chi connectivity index (χ2v) is 3.60. The Morgan fingerprint density at radius 1 is 1.33 bits per heavy atom. The smallest absolute Gasteiger partial charge is 0.212 e. The third-order valence-corrected chi connectivity index (χ3v) is 2.38. The zero-order chi connectivity index (χ0) is 12.8. The van der Waals surface area contributed by atoms with E-state index < -0.39 is 0 Å². The molecule has 0 aromatic carbocycles. The van der Waals surface area contributed by atoms with Crippen LogP contribution in [0, 0.1) is 11.3 Å². The number of nitrogens with zero attached hydrogens (tertiary/aromatic N) is 3. The van der Waals surface area contributed by atoms with Crippen LogP contribution in [0.15, 0.2) is 36.7 Å². The van der Waals surface area contributed by atoms with Crippen molar-refractivity contribution in [2.45, 2.75) is 6.54 Å². The van der Waals surface area contributed by atoms with Crippen LogP contribution in [0.2, 0.25) is 0 Å². The first kappa shape index (κ1) is 11.9. The number of rotatable bonds is 4. The van der Waals surface area contributed by atoms with Crippen LogP contribution in [0.25, 0.3) is 0 Å². The molecular formula is C13H12N4O. The molecule has 0 saturated heterocycles. The second-order valence-electron chi connectivity index (χ2n) is 3.60. The summed E-state index contributed by atoms with van der Waals surface area (Å²) in [5.41, 5.74) is 2.29. The van der Waals surface area contributed by atoms with Crippen LogP contribution < -0.4 is 10.1 Å². The van der Waals surface area contributed by atoms with Crippen molar-refractivity contribution in [2.75, 3.05) is 12.4 Å². The number of methoxy groups -OCH3 is 1. The van der Waals surface area contributed by atoms with E-state index in [1.807, 2.05) is 24.3 Å². The number of hydrogen-bond acceptors (Lipinski definition) is 5. The van der Waals surface area contributed by atoms with Gasteiger partial charge in [-0.3, -0.25) is 0 Å². The number of nitriles is 1. The Labute approximate surface area is 105 Å². The third-order valence-electron chi connectivity index (χ3n) is 2.38. The number of nitrogens with one attached hydrogen (secondary N) is 1. The van der Waals surface area contributed by atoms with E-state index in [2.05, 4.69) is 15.3 Å². The van der Waals surface area contributed by atoms with E-state index in [0.717, 1.165) is 11.3 Å². The van der Waals surface area contributed by atoms with E-state index in [1.165, 1.54) is 0 Å². The Morgan fingerprint density at radius 2 is 2.22 bits per heavy atom. The fourth-order valence-electron chi connectivity index (χ4n) is 1.44. The second kappa shape index (κ2) is 5.64. The number of anilines is 1. The number of pyridine rings is 2. The molecule has 90 valence electrons. The molecule has 2 rings (SSSR count). The Bertz CT molecular complexity index is 560. The van der Waals surface area contributed by atoms with Crippen molar-refractivity contribution in [3.63, 3.8) is 0 Å². The maximum absolute atomic E-state index is 8.74. The molecule has 0 bridgehead atoms. The molecule has 0 fully saturated rings. The van der Waals surface area contributed by atoms with Crippen LogP contribution in [0.5, 0.6) is 5.88 Å². The Hall–Kier alpha value is -2.61. The number of aromatic nitrogens is 2. The highest BCUT2D eigenvalue weighted by Gasteiger charge is 1.98. The van der Waals surface area contributed by atoms with Crippen molar-refractivity contribution in [3.05, 3.63) is 47.9 Å². The Morgan fingerprint density at radius 3 is 2.89 bits per heavy atom. The number of ether oxygens (including phenoxy) is 1. The van der Waals surface area contributed by atoms with Gasteiger partial charge in [0.2, 0.25) is 5.88 Å². The molecule has 0 spiro atoms. The van der Waals surface area contributed by atoms with Gasteiger partial charge in [0.05, 0.1) is 7.11 Å². The van der Waals surface area contributed by atoms with Gasteiger partial charge in [0, 0.05) is 30.7 Å². The lowest BCUT2D eigenvalue weighted by Gasteiger charge is -2.06. The van der Waals surface area contributed by atoms with E-state index in [1.54, 1.807) is 25.6 Å². The predicted molar refractivity (Wildman–Crippen MR) is 67.1 cm³/mol. The first-order valence-electron chi connectivity index (χ1n) is 5.41. The van der Waals surface area contributed by atoms with Gasteiger partial charge in [-0.2, -0.15) is 5.26 Å². The summed E-state index contributed by atoms with van der Waals surface area (Å²) in [4.78, 5) is 8.02. The summed E-state index contributed by atoms with van der Waals surface area (Å²) in [5.74, 6) is 0.592. The average Bonchev–Trinajstić information content (AvgIpc) is 2.46. The molecule has 18 heavy (non-hydrogen) atoms. The molecule has 2 aromatic heterocycles. The van der Waals surface area contributed by atoms with Gasteiger partial charge >= 0.3 is 0 Å². The van der Waals surface area contributed by atoms with Crippen LogP contribution in [0.3, 0.4) is 0 Å². The van der Waals surface area contributed by atoms with Crippen molar-refractivity contribution in [1.82, 2.24) is 9.97 Å². The van der Waals surface area contributed by atoms with Crippen molar-refractivity contribution >= 4 is 5.69 Å². The van der Waals surface area contributed by atoms with Gasteiger partial charge in [-0.15, -0.1) is 0 Å². The highest BCUT2D eigenvalue weighted by atomic mass is 16.5. The Balaban J connectivity index is 2.00. The zero-order valence-electron chi connectivity index (χ0n) is 9.92. The molecule has 0 amide bonds. The van der Waals surface area contributed by atoms with Gasteiger partial charge in [0.15, 0.2) is 0 Å². The molecule has 0 saturated carbocycles. The molecule has 2 heterocycles. The fourth-order valence-corrected chi connectivity index (χ4v) is 1.44. The SMILES string of the molecule is COc1ccc(CNc2ccnc(C#N)c2)cn1. The van der Waals surface area contributed by atoms with E-state index >= 15 is 0 Å². The van der Waals surface area contributed by atoms with Crippen LogP contribution in [-0.2, 0) is 6.54 Å². The molecule has 0 radical (unpaired) electrons. The topological polar surface area (TPSA) is 70.8 Å². The van der Waals surface area contributed by atoms with Crippen LogP contribution >= 0.6 is 0 Å². The summed E-state index contributed by atoms with van der Waals surface area (Å²) in [5, 5.41) is 11.9. The fraction of sp³-hybridized carbons (Fsp3) is 0.154. The number of hydrogen-bond donors (Lipinski definition) is 1. The largest absolute Gasteiger partial charge is 0.481 e. The minimum absolute atomic E-state index is 0.396. The first-order valence-corrected chi connectivity index (χ1v) is 5.41. The standard InChI is InChI=1S/C13H12N4O/c1-18-13-3-2-10(9-17-13)8-16-11-4-5-15-12(6-11)7-14/h2-6,9H,8H2,1H3,(H,15,16). The predicted octanol–water partition coefficient (Wildman–Crippen LogP) is 1.97. The Kier molecular flexibility index (Phi) is 3.72. The molecule has 5 nitrogen and oxygen atoms in total. The average molecular weight is 240 g/mol. The molecular weight excluding hydrogens is 228 g/mol. The summed E-state index contributed by atoms with van der Waals surface area (Å²) < 4.78 is 4.99. The molecule has 0 aliphatic rings. The molecule has 0 unspecified atom stereocenters. The van der Waals surface area contributed by atoms with Crippen molar-refractivity contribution in [1.29, 1.82) is 5.26 Å². The zero-order valence-corrected chi connectivity index (χ0v) is 9.92. The summed E-state index contributed by atoms with van der Waals surface area (Å²) in [6.45, 7) is 0.631. The normalized spacial score (nSPS) is 9.56. The monoisotopic (exact) mass is 240 g/mol. The highest BCUT2D eigenvalue weighted by molar-refractivity contribution is 5.46. The van der Waals surface area contributed by atoms with Crippen molar-refractivity contribution < 1.29 is 4.74 Å². The summed E-state index contributed by atoms with van der Waals surface area (Å²) in [6.07, 6.45) is 3.35. The van der Waals surface area contributed by atoms with E-state index in [0.29, 0.717) is 18.1 Å². The van der Waals surface area contributed by atoms with Crippen molar-refractivity contribution in [2.24, 2.45) is 0 Å². The summed E-state index contributed by atoms with van der Waals surface area (Å²) >= 11 is 0. The lowest BCUT2D eigenvalue weighted by Crippen LogP contribution is -2.00. The molecule has 5 heteroatoms. The van der Waals surface area contributed by atoms with Gasteiger partial charge in [-0.05, 0) is 17.7 Å². The first-order chi connectivity index (χ1) is 8.81. The molecule has 0 aliphatic heterocycles. The van der Waals surface area contributed by atoms with Gasteiger partial charge in [-0.1, -0.05) is 6.07 Å². The minimum atomic E-state index is 0.396. The lowest BCUT2D eigenvalue weighted by molar-refractivity contribution is 0.397. The van der Waals surface area contributed by atoms with Gasteiger partial charge in [0.1, 0.15) is 11.8 Å². The minimum Gasteiger partial charge on any atom is -0.481 e. The highest BCUT2D eigenvalue weighted by Crippen LogP contribution is 2.11. The maximum Gasteiger partial charge on any atom is 0.212 e. The molecule has 2 aromatic rings. The molecule has 0 atom stereocenters. The summed E-state index contributed by atoms with van der Waals surface area (Å²) in [7, 11) is 1.58. The lowest BCUT2D eigenvalue weighted by atomic mass is 10.2. The maximum atomic E-state index is 8.74. The van der Waals surface area contributed by atoms with Crippen LogP contribution in [0.4, 0.5) is 5.69 Å². The van der Waals surface area contributed by atoms with E-state index in [9.17, 15) is 0 Å².